The number of anilines is 1. The molecule has 0 unspecified atom stereocenters. The third kappa shape index (κ3) is 3.22. The first kappa shape index (κ1) is 16.7. The topological polar surface area (TPSA) is 99.2 Å². The Bertz CT molecular complexity index is 1100. The third-order valence-corrected chi connectivity index (χ3v) is 4.22. The van der Waals surface area contributed by atoms with Crippen molar-refractivity contribution < 1.29 is 9.53 Å². The molecule has 4 aromatic rings. The Morgan fingerprint density at radius 2 is 2.19 bits per heavy atom. The van der Waals surface area contributed by atoms with Gasteiger partial charge in [-0.3, -0.25) is 4.79 Å². The summed E-state index contributed by atoms with van der Waals surface area (Å²) in [6.07, 6.45) is 5.31. The second-order valence-electron chi connectivity index (χ2n) is 6.00. The number of methoxy groups -OCH3 is 1. The Morgan fingerprint density at radius 3 is 2.96 bits per heavy atom. The van der Waals surface area contributed by atoms with Gasteiger partial charge in [0.1, 0.15) is 17.7 Å². The fourth-order valence-electron chi connectivity index (χ4n) is 2.90. The number of ether oxygens (including phenoxy) is 1. The fourth-order valence-corrected chi connectivity index (χ4v) is 2.90. The van der Waals surface area contributed by atoms with Crippen molar-refractivity contribution in [2.75, 3.05) is 12.4 Å². The molecular formula is C18H17N7O2. The number of amides is 1. The van der Waals surface area contributed by atoms with Gasteiger partial charge < -0.3 is 14.5 Å². The van der Waals surface area contributed by atoms with Gasteiger partial charge in [-0.25, -0.2) is 9.67 Å². The van der Waals surface area contributed by atoms with Crippen LogP contribution in [0.1, 0.15) is 11.3 Å². The summed E-state index contributed by atoms with van der Waals surface area (Å²) >= 11 is 0. The zero-order valence-electron chi connectivity index (χ0n) is 14.8. The maximum Gasteiger partial charge on any atom is 0.230 e. The number of carbonyl (C=O) groups is 1. The van der Waals surface area contributed by atoms with E-state index in [4.69, 9.17) is 4.74 Å². The van der Waals surface area contributed by atoms with Crippen molar-refractivity contribution in [1.29, 1.82) is 0 Å². The summed E-state index contributed by atoms with van der Waals surface area (Å²) in [6, 6.07) is 9.23. The molecule has 0 fully saturated rings. The number of benzene rings is 1. The number of rotatable bonds is 5. The molecule has 0 aliphatic carbocycles. The van der Waals surface area contributed by atoms with Crippen LogP contribution < -0.4 is 10.1 Å². The zero-order chi connectivity index (χ0) is 18.8. The Kier molecular flexibility index (Phi) is 4.25. The van der Waals surface area contributed by atoms with E-state index in [9.17, 15) is 4.79 Å². The van der Waals surface area contributed by atoms with E-state index >= 15 is 0 Å². The molecule has 27 heavy (non-hydrogen) atoms. The van der Waals surface area contributed by atoms with E-state index in [1.165, 1.54) is 11.0 Å². The molecule has 0 spiro atoms. The highest BCUT2D eigenvalue weighted by Crippen LogP contribution is 2.27. The number of hydrogen-bond donors (Lipinski definition) is 1. The van der Waals surface area contributed by atoms with Crippen molar-refractivity contribution in [3.63, 3.8) is 0 Å². The van der Waals surface area contributed by atoms with Crippen molar-refractivity contribution in [3.8, 4) is 11.4 Å². The molecule has 3 aromatic heterocycles. The van der Waals surface area contributed by atoms with E-state index in [1.54, 1.807) is 31.5 Å². The normalized spacial score (nSPS) is 10.9. The summed E-state index contributed by atoms with van der Waals surface area (Å²) in [4.78, 5) is 16.9. The Hall–Kier alpha value is -3.75. The van der Waals surface area contributed by atoms with Gasteiger partial charge in [0.15, 0.2) is 0 Å². The largest absolute Gasteiger partial charge is 0.494 e. The molecule has 0 bridgehead atoms. The number of aryl methyl sites for hydroxylation is 1. The summed E-state index contributed by atoms with van der Waals surface area (Å²) in [5.74, 6) is 0.358. The lowest BCUT2D eigenvalue weighted by atomic mass is 10.2. The average molecular weight is 363 g/mol. The van der Waals surface area contributed by atoms with Gasteiger partial charge in [-0.1, -0.05) is 6.07 Å². The molecule has 0 atom stereocenters. The smallest absolute Gasteiger partial charge is 0.230 e. The van der Waals surface area contributed by atoms with Crippen LogP contribution in [0.5, 0.6) is 5.75 Å². The first-order valence-electron chi connectivity index (χ1n) is 8.28. The predicted molar refractivity (Wildman–Crippen MR) is 98.0 cm³/mol. The van der Waals surface area contributed by atoms with Crippen LogP contribution in [0.15, 0.2) is 49.1 Å². The quantitative estimate of drug-likeness (QED) is 0.580. The van der Waals surface area contributed by atoms with E-state index in [2.05, 4.69) is 25.8 Å². The Balaban J connectivity index is 1.54. The molecule has 0 saturated carbocycles. The second kappa shape index (κ2) is 6.87. The minimum atomic E-state index is -0.160. The maximum absolute atomic E-state index is 12.5. The first-order valence-corrected chi connectivity index (χ1v) is 8.28. The van der Waals surface area contributed by atoms with E-state index < -0.39 is 0 Å². The number of carbonyl (C=O) groups excluding carboxylic acids is 1. The van der Waals surface area contributed by atoms with Crippen molar-refractivity contribution in [2.24, 2.45) is 0 Å². The summed E-state index contributed by atoms with van der Waals surface area (Å²) in [6.45, 7) is 1.99. The predicted octanol–water partition coefficient (Wildman–Crippen LogP) is 1.81. The van der Waals surface area contributed by atoms with Crippen molar-refractivity contribution in [2.45, 2.75) is 13.3 Å². The van der Waals surface area contributed by atoms with E-state index in [0.29, 0.717) is 11.4 Å². The molecule has 4 rings (SSSR count). The number of hydrogen-bond acceptors (Lipinski definition) is 6. The van der Waals surface area contributed by atoms with Gasteiger partial charge >= 0.3 is 0 Å². The molecule has 1 amide bonds. The molecule has 9 heteroatoms. The summed E-state index contributed by atoms with van der Waals surface area (Å²) in [7, 11) is 1.54. The van der Waals surface area contributed by atoms with E-state index in [0.717, 1.165) is 22.6 Å². The number of aromatic nitrogens is 6. The molecule has 0 saturated heterocycles. The van der Waals surface area contributed by atoms with Gasteiger partial charge in [0.05, 0.1) is 30.6 Å². The average Bonchev–Trinajstić information content (AvgIpc) is 3.33. The fraction of sp³-hybridized carbons (Fsp3) is 0.167. The van der Waals surface area contributed by atoms with E-state index in [-0.39, 0.29) is 12.3 Å². The van der Waals surface area contributed by atoms with Gasteiger partial charge in [0.2, 0.25) is 5.91 Å². The standard InChI is InChI=1S/C18H17N7O2/c1-12-4-3-7-24-14(10-19-18(12)24)9-17(26)21-15-6-5-13(8-16(15)27-2)25-11-20-22-23-25/h3-8,10-11H,9H2,1-2H3,(H,21,26). The maximum atomic E-state index is 12.5. The highest BCUT2D eigenvalue weighted by molar-refractivity contribution is 5.93. The van der Waals surface area contributed by atoms with Crippen LogP contribution in [-0.4, -0.2) is 42.6 Å². The molecular weight excluding hydrogens is 346 g/mol. The molecule has 3 heterocycles. The van der Waals surface area contributed by atoms with Crippen molar-refractivity contribution in [3.05, 3.63) is 60.3 Å². The van der Waals surface area contributed by atoms with Crippen LogP contribution in [0, 0.1) is 6.92 Å². The lowest BCUT2D eigenvalue weighted by Gasteiger charge is -2.11. The molecule has 1 N–H and O–H groups in total. The number of tetrazole rings is 1. The molecule has 1 aromatic carbocycles. The van der Waals surface area contributed by atoms with Crippen LogP contribution in [0.2, 0.25) is 0 Å². The van der Waals surface area contributed by atoms with Crippen LogP contribution in [0.4, 0.5) is 5.69 Å². The molecule has 0 aliphatic heterocycles. The van der Waals surface area contributed by atoms with Gasteiger partial charge in [0.25, 0.3) is 0 Å². The van der Waals surface area contributed by atoms with Gasteiger partial charge in [-0.2, -0.15) is 0 Å². The minimum Gasteiger partial charge on any atom is -0.494 e. The summed E-state index contributed by atoms with van der Waals surface area (Å²) < 4.78 is 8.82. The monoisotopic (exact) mass is 363 g/mol. The highest BCUT2D eigenvalue weighted by Gasteiger charge is 2.13. The van der Waals surface area contributed by atoms with Gasteiger partial charge in [0, 0.05) is 18.5 Å². The van der Waals surface area contributed by atoms with Crippen LogP contribution in [-0.2, 0) is 11.2 Å². The lowest BCUT2D eigenvalue weighted by Crippen LogP contribution is -2.16. The summed E-state index contributed by atoms with van der Waals surface area (Å²) in [5.41, 5.74) is 4.03. The van der Waals surface area contributed by atoms with Crippen LogP contribution in [0.3, 0.4) is 0 Å². The van der Waals surface area contributed by atoms with Crippen molar-refractivity contribution >= 4 is 17.2 Å². The summed E-state index contributed by atoms with van der Waals surface area (Å²) in [5, 5.41) is 13.9. The molecule has 136 valence electrons. The molecule has 0 radical (unpaired) electrons. The first-order chi connectivity index (χ1) is 13.2. The van der Waals surface area contributed by atoms with Gasteiger partial charge in [-0.05, 0) is 41.1 Å². The second-order valence-corrected chi connectivity index (χ2v) is 6.00. The molecule has 9 nitrogen and oxygen atoms in total. The van der Waals surface area contributed by atoms with Gasteiger partial charge in [-0.15, -0.1) is 5.10 Å². The number of pyridine rings is 1. The number of fused-ring (bicyclic) bond motifs is 1. The Labute approximate surface area is 154 Å². The number of nitrogens with zero attached hydrogens (tertiary/aromatic N) is 6. The van der Waals surface area contributed by atoms with Crippen LogP contribution >= 0.6 is 0 Å². The lowest BCUT2D eigenvalue weighted by molar-refractivity contribution is -0.115. The highest BCUT2D eigenvalue weighted by atomic mass is 16.5. The molecule has 0 aliphatic rings. The number of nitrogens with one attached hydrogen (secondary N) is 1. The minimum absolute atomic E-state index is 0.160. The van der Waals surface area contributed by atoms with Crippen molar-refractivity contribution in [1.82, 2.24) is 29.6 Å². The Morgan fingerprint density at radius 1 is 1.30 bits per heavy atom. The SMILES string of the molecule is COc1cc(-n2cnnn2)ccc1NC(=O)Cc1cnc2c(C)cccn12. The third-order valence-electron chi connectivity index (χ3n) is 4.22. The zero-order valence-corrected chi connectivity index (χ0v) is 14.8. The van der Waals surface area contributed by atoms with Crippen LogP contribution in [0.25, 0.3) is 11.3 Å². The van der Waals surface area contributed by atoms with E-state index in [1.807, 2.05) is 29.7 Å². The number of imidazole rings is 1.